The second kappa shape index (κ2) is 7.14. The van der Waals surface area contributed by atoms with E-state index in [0.717, 1.165) is 19.6 Å². The average Bonchev–Trinajstić information content (AvgIpc) is 2.67. The van der Waals surface area contributed by atoms with Gasteiger partial charge in [-0.1, -0.05) is 36.4 Å². The van der Waals surface area contributed by atoms with Crippen molar-refractivity contribution in [1.29, 1.82) is 0 Å². The summed E-state index contributed by atoms with van der Waals surface area (Å²) < 4.78 is 0. The predicted molar refractivity (Wildman–Crippen MR) is 105 cm³/mol. The van der Waals surface area contributed by atoms with Gasteiger partial charge < -0.3 is 5.32 Å². The molecule has 0 amide bonds. The second-order valence-corrected chi connectivity index (χ2v) is 6.95. The summed E-state index contributed by atoms with van der Waals surface area (Å²) in [5.41, 5.74) is 5.04. The van der Waals surface area contributed by atoms with Gasteiger partial charge >= 0.3 is 0 Å². The lowest BCUT2D eigenvalue weighted by Gasteiger charge is -2.23. The maximum atomic E-state index is 3.70. The van der Waals surface area contributed by atoms with E-state index in [1.165, 1.54) is 52.8 Å². The number of nitrogens with zero attached hydrogens (tertiary/aromatic N) is 1. The Hall–Kier alpha value is -2.55. The number of aromatic nitrogens is 1. The monoisotopic (exact) mass is 332 g/mol. The summed E-state index contributed by atoms with van der Waals surface area (Å²) >= 11 is 0. The number of piperidine rings is 1. The van der Waals surface area contributed by atoms with Crippen molar-refractivity contribution < 1.29 is 4.98 Å². The first-order valence-corrected chi connectivity index (χ1v) is 9.30. The molecule has 3 aromatic rings. The molecule has 128 valence electrons. The van der Waals surface area contributed by atoms with Gasteiger partial charge in [0.2, 0.25) is 0 Å². The van der Waals surface area contributed by atoms with Gasteiger partial charge in [0, 0.05) is 17.6 Å². The SMILES string of the molecule is Cc1ccccc1NCc1cc2ccccc2[nH+]c1N1CCCCC1. The fourth-order valence-corrected chi connectivity index (χ4v) is 3.70. The van der Waals surface area contributed by atoms with Crippen molar-refractivity contribution in [2.75, 3.05) is 23.3 Å². The molecule has 0 radical (unpaired) electrons. The maximum Gasteiger partial charge on any atom is 0.279 e. The van der Waals surface area contributed by atoms with Gasteiger partial charge in [-0.25, -0.2) is 4.98 Å². The number of H-pyrrole nitrogens is 1. The Kier molecular flexibility index (Phi) is 4.55. The Bertz CT molecular complexity index is 866. The van der Waals surface area contributed by atoms with E-state index < -0.39 is 0 Å². The first-order valence-electron chi connectivity index (χ1n) is 9.30. The van der Waals surface area contributed by atoms with E-state index in [2.05, 4.69) is 76.7 Å². The topological polar surface area (TPSA) is 29.4 Å². The molecule has 0 bridgehead atoms. The number of rotatable bonds is 4. The van der Waals surface area contributed by atoms with Crippen LogP contribution < -0.4 is 15.2 Å². The van der Waals surface area contributed by atoms with Crippen LogP contribution in [0.25, 0.3) is 10.9 Å². The number of fused-ring (bicyclic) bond motifs is 1. The van der Waals surface area contributed by atoms with Crippen LogP contribution in [0, 0.1) is 6.92 Å². The number of aromatic amines is 1. The fraction of sp³-hybridized carbons (Fsp3) is 0.318. The average molecular weight is 332 g/mol. The highest BCUT2D eigenvalue weighted by Crippen LogP contribution is 2.24. The molecule has 0 aliphatic carbocycles. The zero-order valence-electron chi connectivity index (χ0n) is 14.9. The van der Waals surface area contributed by atoms with Crippen molar-refractivity contribution in [3.05, 3.63) is 65.7 Å². The zero-order chi connectivity index (χ0) is 17.1. The van der Waals surface area contributed by atoms with Crippen molar-refractivity contribution in [3.8, 4) is 0 Å². The summed E-state index contributed by atoms with van der Waals surface area (Å²) in [6.45, 7) is 5.27. The van der Waals surface area contributed by atoms with Crippen LogP contribution in [-0.4, -0.2) is 13.1 Å². The smallest absolute Gasteiger partial charge is 0.279 e. The highest BCUT2D eigenvalue weighted by Gasteiger charge is 2.23. The molecule has 2 N–H and O–H groups in total. The molecule has 1 aliphatic heterocycles. The number of nitrogens with one attached hydrogen (secondary N) is 2. The van der Waals surface area contributed by atoms with Crippen LogP contribution in [0.4, 0.5) is 11.5 Å². The maximum absolute atomic E-state index is 3.70. The minimum atomic E-state index is 0.831. The summed E-state index contributed by atoms with van der Waals surface area (Å²) in [5, 5.41) is 4.90. The molecular formula is C22H26N3+. The number of hydrogen-bond donors (Lipinski definition) is 1. The number of benzene rings is 2. The minimum Gasteiger partial charge on any atom is -0.380 e. The molecule has 0 unspecified atom stereocenters. The summed E-state index contributed by atoms with van der Waals surface area (Å²) in [7, 11) is 0. The van der Waals surface area contributed by atoms with Gasteiger partial charge in [0.25, 0.3) is 5.82 Å². The van der Waals surface area contributed by atoms with E-state index in [4.69, 9.17) is 0 Å². The minimum absolute atomic E-state index is 0.831. The third kappa shape index (κ3) is 3.46. The third-order valence-corrected chi connectivity index (χ3v) is 5.13. The van der Waals surface area contributed by atoms with Gasteiger partial charge in [0.05, 0.1) is 18.7 Å². The molecule has 0 atom stereocenters. The third-order valence-electron chi connectivity index (χ3n) is 5.13. The summed E-state index contributed by atoms with van der Waals surface area (Å²) in [6, 6.07) is 19.4. The van der Waals surface area contributed by atoms with Crippen molar-refractivity contribution >= 4 is 22.4 Å². The van der Waals surface area contributed by atoms with Crippen LogP contribution in [0.2, 0.25) is 0 Å². The molecule has 3 heteroatoms. The molecule has 1 saturated heterocycles. The molecule has 1 aromatic heterocycles. The van der Waals surface area contributed by atoms with Crippen molar-refractivity contribution in [2.24, 2.45) is 0 Å². The molecule has 4 rings (SSSR count). The summed E-state index contributed by atoms with van der Waals surface area (Å²) in [5.74, 6) is 1.28. The van der Waals surface area contributed by atoms with Crippen molar-refractivity contribution in [3.63, 3.8) is 0 Å². The molecule has 0 saturated carbocycles. The Morgan fingerprint density at radius 3 is 2.56 bits per heavy atom. The number of para-hydroxylation sites is 2. The van der Waals surface area contributed by atoms with Crippen LogP contribution in [0.15, 0.2) is 54.6 Å². The normalized spacial score (nSPS) is 14.7. The van der Waals surface area contributed by atoms with E-state index in [9.17, 15) is 0 Å². The molecule has 1 aliphatic rings. The Morgan fingerprint density at radius 2 is 1.72 bits per heavy atom. The first-order chi connectivity index (χ1) is 12.3. The number of hydrogen-bond acceptors (Lipinski definition) is 2. The van der Waals surface area contributed by atoms with Gasteiger partial charge in [0.1, 0.15) is 5.52 Å². The van der Waals surface area contributed by atoms with Crippen LogP contribution in [-0.2, 0) is 6.54 Å². The van der Waals surface area contributed by atoms with E-state index >= 15 is 0 Å². The van der Waals surface area contributed by atoms with Gasteiger partial charge in [0.15, 0.2) is 0 Å². The Morgan fingerprint density at radius 1 is 0.960 bits per heavy atom. The Labute approximate surface area is 149 Å². The number of aryl methyl sites for hydroxylation is 1. The molecule has 2 aromatic carbocycles. The van der Waals surface area contributed by atoms with E-state index in [0.29, 0.717) is 0 Å². The number of anilines is 2. The van der Waals surface area contributed by atoms with Crippen LogP contribution in [0.5, 0.6) is 0 Å². The predicted octanol–water partition coefficient (Wildman–Crippen LogP) is 4.56. The highest BCUT2D eigenvalue weighted by atomic mass is 15.2. The zero-order valence-corrected chi connectivity index (χ0v) is 14.9. The number of pyridine rings is 1. The lowest BCUT2D eigenvalue weighted by Crippen LogP contribution is -2.35. The first kappa shape index (κ1) is 15.9. The van der Waals surface area contributed by atoms with Gasteiger partial charge in [-0.15, -0.1) is 0 Å². The molecule has 2 heterocycles. The molecular weight excluding hydrogens is 306 g/mol. The quantitative estimate of drug-likeness (QED) is 0.758. The van der Waals surface area contributed by atoms with E-state index in [1.54, 1.807) is 0 Å². The van der Waals surface area contributed by atoms with Gasteiger partial charge in [-0.3, -0.25) is 4.90 Å². The lowest BCUT2D eigenvalue weighted by atomic mass is 10.1. The highest BCUT2D eigenvalue weighted by molar-refractivity contribution is 5.77. The van der Waals surface area contributed by atoms with Crippen LogP contribution in [0.1, 0.15) is 30.4 Å². The molecule has 3 nitrogen and oxygen atoms in total. The molecule has 0 spiro atoms. The van der Waals surface area contributed by atoms with Crippen molar-refractivity contribution in [1.82, 2.24) is 0 Å². The van der Waals surface area contributed by atoms with Gasteiger partial charge in [-0.2, -0.15) is 0 Å². The fourth-order valence-electron chi connectivity index (χ4n) is 3.70. The summed E-state index contributed by atoms with van der Waals surface area (Å²) in [6.07, 6.45) is 3.91. The van der Waals surface area contributed by atoms with Crippen molar-refractivity contribution in [2.45, 2.75) is 32.7 Å². The standard InChI is InChI=1S/C22H25N3/c1-17-9-3-5-11-20(17)23-16-19-15-18-10-4-6-12-21(18)24-22(19)25-13-7-2-8-14-25/h3-6,9-12,15,23H,2,7-8,13-14,16H2,1H3/p+1. The van der Waals surface area contributed by atoms with Crippen LogP contribution >= 0.6 is 0 Å². The van der Waals surface area contributed by atoms with Gasteiger partial charge in [-0.05, 0) is 49.9 Å². The van der Waals surface area contributed by atoms with E-state index in [1.807, 2.05) is 0 Å². The van der Waals surface area contributed by atoms with Crippen LogP contribution in [0.3, 0.4) is 0 Å². The molecule has 1 fully saturated rings. The molecule has 25 heavy (non-hydrogen) atoms. The summed E-state index contributed by atoms with van der Waals surface area (Å²) in [4.78, 5) is 6.22. The Balaban J connectivity index is 1.68. The lowest BCUT2D eigenvalue weighted by molar-refractivity contribution is -0.331. The second-order valence-electron chi connectivity index (χ2n) is 6.95. The largest absolute Gasteiger partial charge is 0.380 e. The van der Waals surface area contributed by atoms with E-state index in [-0.39, 0.29) is 0 Å².